The molecule has 1 aliphatic heterocycles. The molecule has 2 N–H and O–H groups in total. The smallest absolute Gasteiger partial charge is 0.325 e. The van der Waals surface area contributed by atoms with Gasteiger partial charge in [0.1, 0.15) is 17.8 Å². The first-order valence-electron chi connectivity index (χ1n) is 9.49. The summed E-state index contributed by atoms with van der Waals surface area (Å²) in [7, 11) is 1.56. The number of benzene rings is 2. The van der Waals surface area contributed by atoms with Gasteiger partial charge in [-0.05, 0) is 30.5 Å². The van der Waals surface area contributed by atoms with E-state index < -0.39 is 17.5 Å². The molecule has 0 aromatic heterocycles. The van der Waals surface area contributed by atoms with E-state index >= 15 is 0 Å². The summed E-state index contributed by atoms with van der Waals surface area (Å²) in [4.78, 5) is 38.5. The average molecular weight is 395 g/mol. The van der Waals surface area contributed by atoms with E-state index in [0.717, 1.165) is 16.0 Å². The number of hydrogen-bond acceptors (Lipinski definition) is 4. The Kier molecular flexibility index (Phi) is 6.16. The quantitative estimate of drug-likeness (QED) is 0.669. The first-order valence-corrected chi connectivity index (χ1v) is 9.49. The number of hydrogen-bond donors (Lipinski definition) is 2. The second kappa shape index (κ2) is 8.77. The third-order valence-corrected chi connectivity index (χ3v) is 4.96. The van der Waals surface area contributed by atoms with Crippen LogP contribution in [0.15, 0.2) is 54.6 Å². The Morgan fingerprint density at radius 3 is 2.52 bits per heavy atom. The van der Waals surface area contributed by atoms with E-state index in [4.69, 9.17) is 4.74 Å². The maximum Gasteiger partial charge on any atom is 0.325 e. The third-order valence-electron chi connectivity index (χ3n) is 4.96. The summed E-state index contributed by atoms with van der Waals surface area (Å²) in [5.41, 5.74) is 0.781. The molecule has 4 amide bonds. The Labute approximate surface area is 170 Å². The number of ether oxygens (including phenoxy) is 1. The molecule has 152 valence electrons. The van der Waals surface area contributed by atoms with Gasteiger partial charge in [0.25, 0.3) is 5.91 Å². The lowest BCUT2D eigenvalue weighted by Gasteiger charge is -2.22. The number of nitrogens with zero attached hydrogens (tertiary/aromatic N) is 1. The SMILES string of the molecule is COc1ccccc1C[C@]1(C)NC(=O)N(CC(=O)NCCc2ccccc2)C1=O. The fraction of sp³-hybridized carbons (Fsp3) is 0.318. The third kappa shape index (κ3) is 4.74. The van der Waals surface area contributed by atoms with Crippen LogP contribution in [0.5, 0.6) is 5.75 Å². The van der Waals surface area contributed by atoms with Crippen LogP contribution in [-0.2, 0) is 22.4 Å². The van der Waals surface area contributed by atoms with Gasteiger partial charge >= 0.3 is 6.03 Å². The second-order valence-corrected chi connectivity index (χ2v) is 7.23. The molecule has 3 rings (SSSR count). The van der Waals surface area contributed by atoms with E-state index in [0.29, 0.717) is 18.7 Å². The normalized spacial score (nSPS) is 18.5. The molecule has 1 saturated heterocycles. The summed E-state index contributed by atoms with van der Waals surface area (Å²) in [5.74, 6) is -0.148. The van der Waals surface area contributed by atoms with Crippen molar-refractivity contribution in [1.82, 2.24) is 15.5 Å². The molecule has 1 fully saturated rings. The largest absolute Gasteiger partial charge is 0.496 e. The van der Waals surface area contributed by atoms with Gasteiger partial charge in [-0.3, -0.25) is 14.5 Å². The van der Waals surface area contributed by atoms with Crippen LogP contribution in [0.4, 0.5) is 4.79 Å². The molecular weight excluding hydrogens is 370 g/mol. The van der Waals surface area contributed by atoms with Crippen LogP contribution < -0.4 is 15.4 Å². The van der Waals surface area contributed by atoms with Gasteiger partial charge in [-0.15, -0.1) is 0 Å². The average Bonchev–Trinajstić information content (AvgIpc) is 2.92. The number of urea groups is 1. The van der Waals surface area contributed by atoms with Crippen molar-refractivity contribution < 1.29 is 19.1 Å². The van der Waals surface area contributed by atoms with Gasteiger partial charge in [-0.2, -0.15) is 0 Å². The van der Waals surface area contributed by atoms with Crippen molar-refractivity contribution in [2.45, 2.75) is 25.3 Å². The van der Waals surface area contributed by atoms with Crippen LogP contribution in [0.1, 0.15) is 18.1 Å². The summed E-state index contributed by atoms with van der Waals surface area (Å²) < 4.78 is 5.33. The lowest BCUT2D eigenvalue weighted by atomic mass is 9.92. The number of methoxy groups -OCH3 is 1. The highest BCUT2D eigenvalue weighted by Gasteiger charge is 2.48. The highest BCUT2D eigenvalue weighted by Crippen LogP contribution is 2.27. The molecule has 1 atom stereocenters. The van der Waals surface area contributed by atoms with E-state index in [-0.39, 0.29) is 18.9 Å². The maximum atomic E-state index is 12.9. The molecule has 1 heterocycles. The number of carbonyl (C=O) groups excluding carboxylic acids is 3. The van der Waals surface area contributed by atoms with Crippen LogP contribution in [0, 0.1) is 0 Å². The highest BCUT2D eigenvalue weighted by atomic mass is 16.5. The number of amides is 4. The lowest BCUT2D eigenvalue weighted by Crippen LogP contribution is -2.47. The van der Waals surface area contributed by atoms with Crippen LogP contribution in [-0.4, -0.2) is 48.5 Å². The standard InChI is InChI=1S/C22H25N3O4/c1-22(14-17-10-6-7-11-18(17)29-2)20(27)25(21(28)24-22)15-19(26)23-13-12-16-8-4-3-5-9-16/h3-11H,12-15H2,1-2H3,(H,23,26)(H,24,28)/t22-/m0/s1. The van der Waals surface area contributed by atoms with Gasteiger partial charge in [-0.25, -0.2) is 4.79 Å². The Morgan fingerprint density at radius 1 is 1.10 bits per heavy atom. The van der Waals surface area contributed by atoms with E-state index in [9.17, 15) is 14.4 Å². The van der Waals surface area contributed by atoms with E-state index in [2.05, 4.69) is 10.6 Å². The predicted octanol–water partition coefficient (Wildman–Crippen LogP) is 1.91. The first kappa shape index (κ1) is 20.4. The molecule has 2 aromatic rings. The second-order valence-electron chi connectivity index (χ2n) is 7.23. The summed E-state index contributed by atoms with van der Waals surface area (Å²) in [6.07, 6.45) is 0.950. The predicted molar refractivity (Wildman–Crippen MR) is 109 cm³/mol. The van der Waals surface area contributed by atoms with Crippen LogP contribution >= 0.6 is 0 Å². The Balaban J connectivity index is 1.58. The van der Waals surface area contributed by atoms with Crippen molar-refractivity contribution in [3.8, 4) is 5.75 Å². The highest BCUT2D eigenvalue weighted by molar-refractivity contribution is 6.09. The lowest BCUT2D eigenvalue weighted by molar-refractivity contribution is -0.134. The molecule has 29 heavy (non-hydrogen) atoms. The molecule has 0 bridgehead atoms. The summed E-state index contributed by atoms with van der Waals surface area (Å²) in [6, 6.07) is 16.5. The number of para-hydroxylation sites is 1. The van der Waals surface area contributed by atoms with Gasteiger partial charge in [0.05, 0.1) is 7.11 Å². The van der Waals surface area contributed by atoms with Gasteiger partial charge in [-0.1, -0.05) is 48.5 Å². The zero-order chi connectivity index (χ0) is 20.9. The summed E-state index contributed by atoms with van der Waals surface area (Å²) in [6.45, 7) is 1.79. The molecule has 0 aliphatic carbocycles. The van der Waals surface area contributed by atoms with Crippen molar-refractivity contribution in [3.63, 3.8) is 0 Å². The van der Waals surface area contributed by atoms with Crippen molar-refractivity contribution in [2.75, 3.05) is 20.2 Å². The van der Waals surface area contributed by atoms with Gasteiger partial charge in [0.15, 0.2) is 0 Å². The topological polar surface area (TPSA) is 87.7 Å². The monoisotopic (exact) mass is 395 g/mol. The summed E-state index contributed by atoms with van der Waals surface area (Å²) in [5, 5.41) is 5.48. The molecule has 1 aliphatic rings. The van der Waals surface area contributed by atoms with Crippen LogP contribution in [0.3, 0.4) is 0 Å². The van der Waals surface area contributed by atoms with Crippen molar-refractivity contribution in [3.05, 3.63) is 65.7 Å². The molecular formula is C22H25N3O4. The maximum absolute atomic E-state index is 12.9. The van der Waals surface area contributed by atoms with E-state index in [1.165, 1.54) is 0 Å². The molecule has 0 spiro atoms. The minimum atomic E-state index is -1.13. The van der Waals surface area contributed by atoms with Crippen LogP contribution in [0.25, 0.3) is 0 Å². The van der Waals surface area contributed by atoms with E-state index in [1.807, 2.05) is 48.5 Å². The van der Waals surface area contributed by atoms with Crippen molar-refractivity contribution in [1.29, 1.82) is 0 Å². The van der Waals surface area contributed by atoms with E-state index in [1.54, 1.807) is 20.1 Å². The molecule has 7 heteroatoms. The zero-order valence-electron chi connectivity index (χ0n) is 16.6. The fourth-order valence-corrected chi connectivity index (χ4v) is 3.43. The number of rotatable bonds is 8. The molecule has 0 radical (unpaired) electrons. The minimum absolute atomic E-state index is 0.272. The molecule has 0 saturated carbocycles. The van der Waals surface area contributed by atoms with Crippen LogP contribution in [0.2, 0.25) is 0 Å². The molecule has 2 aromatic carbocycles. The number of nitrogens with one attached hydrogen (secondary N) is 2. The first-order chi connectivity index (χ1) is 13.9. The number of imide groups is 1. The van der Waals surface area contributed by atoms with Gasteiger partial charge < -0.3 is 15.4 Å². The van der Waals surface area contributed by atoms with Gasteiger partial charge in [0.2, 0.25) is 5.91 Å². The Hall–Kier alpha value is -3.35. The van der Waals surface area contributed by atoms with Crippen molar-refractivity contribution in [2.24, 2.45) is 0 Å². The molecule has 7 nitrogen and oxygen atoms in total. The fourth-order valence-electron chi connectivity index (χ4n) is 3.43. The Morgan fingerprint density at radius 2 is 1.79 bits per heavy atom. The number of carbonyl (C=O) groups is 3. The molecule has 0 unspecified atom stereocenters. The zero-order valence-corrected chi connectivity index (χ0v) is 16.6. The minimum Gasteiger partial charge on any atom is -0.496 e. The Bertz CT molecular complexity index is 900. The van der Waals surface area contributed by atoms with Gasteiger partial charge in [0, 0.05) is 13.0 Å². The van der Waals surface area contributed by atoms with Crippen molar-refractivity contribution >= 4 is 17.8 Å². The summed E-state index contributed by atoms with van der Waals surface area (Å²) >= 11 is 0.